The van der Waals surface area contributed by atoms with Gasteiger partial charge in [0.15, 0.2) is 23.0 Å². The van der Waals surface area contributed by atoms with Crippen LogP contribution in [-0.2, 0) is 27.7 Å². The first-order valence-corrected chi connectivity index (χ1v) is 12.5. The molecule has 3 aromatic rings. The monoisotopic (exact) mass is 514 g/mol. The second-order valence-electron chi connectivity index (χ2n) is 8.17. The van der Waals surface area contributed by atoms with Crippen molar-refractivity contribution in [3.63, 3.8) is 0 Å². The number of nitrogens with zero attached hydrogens (tertiary/aromatic N) is 1. The molecule has 10 nitrogen and oxygen atoms in total. The highest BCUT2D eigenvalue weighted by atomic mass is 32.2. The molecular formula is C25H26N2O8S. The van der Waals surface area contributed by atoms with Crippen LogP contribution in [0.3, 0.4) is 0 Å². The van der Waals surface area contributed by atoms with E-state index in [4.69, 9.17) is 18.9 Å². The first-order valence-electron chi connectivity index (χ1n) is 11.0. The Bertz CT molecular complexity index is 1490. The SMILES string of the molecule is COc1ccc(S(=O)(=O)c2c(C)cc(C)n(CC(=O)NCc3ccc4c(c3)OCO4)c2=O)cc1OC. The van der Waals surface area contributed by atoms with Crippen molar-refractivity contribution in [2.24, 2.45) is 0 Å². The summed E-state index contributed by atoms with van der Waals surface area (Å²) in [5, 5.41) is 2.75. The van der Waals surface area contributed by atoms with Gasteiger partial charge < -0.3 is 28.8 Å². The van der Waals surface area contributed by atoms with Crippen LogP contribution >= 0.6 is 0 Å². The lowest BCUT2D eigenvalue weighted by Gasteiger charge is -2.16. The first-order chi connectivity index (χ1) is 17.1. The second kappa shape index (κ2) is 9.94. The maximum atomic E-state index is 13.5. The molecule has 0 spiro atoms. The number of aromatic nitrogens is 1. The van der Waals surface area contributed by atoms with Crippen LogP contribution in [0.2, 0.25) is 0 Å². The molecule has 0 unspecified atom stereocenters. The Morgan fingerprint density at radius 3 is 2.44 bits per heavy atom. The molecule has 1 aliphatic heterocycles. The van der Waals surface area contributed by atoms with Crippen molar-refractivity contribution in [3.05, 3.63) is 69.6 Å². The third-order valence-electron chi connectivity index (χ3n) is 5.81. The third-order valence-corrected chi connectivity index (χ3v) is 7.72. The summed E-state index contributed by atoms with van der Waals surface area (Å²) in [4.78, 5) is 25.5. The van der Waals surface area contributed by atoms with Gasteiger partial charge in [-0.3, -0.25) is 9.59 Å². The molecule has 190 valence electrons. The van der Waals surface area contributed by atoms with Gasteiger partial charge in [-0.15, -0.1) is 0 Å². The molecule has 1 amide bonds. The second-order valence-corrected chi connectivity index (χ2v) is 10.1. The number of methoxy groups -OCH3 is 2. The quantitative estimate of drug-likeness (QED) is 0.486. The number of carbonyl (C=O) groups is 1. The minimum absolute atomic E-state index is 0.122. The van der Waals surface area contributed by atoms with E-state index in [2.05, 4.69) is 5.32 Å². The molecule has 0 saturated carbocycles. The Labute approximate surface area is 208 Å². The summed E-state index contributed by atoms with van der Waals surface area (Å²) in [7, 11) is -1.39. The van der Waals surface area contributed by atoms with Crippen molar-refractivity contribution >= 4 is 15.7 Å². The van der Waals surface area contributed by atoms with Crippen molar-refractivity contribution < 1.29 is 32.2 Å². The van der Waals surface area contributed by atoms with Crippen LogP contribution in [0.4, 0.5) is 0 Å². The zero-order valence-corrected chi connectivity index (χ0v) is 21.1. The average molecular weight is 515 g/mol. The van der Waals surface area contributed by atoms with E-state index in [9.17, 15) is 18.0 Å². The van der Waals surface area contributed by atoms with Gasteiger partial charge in [0.25, 0.3) is 5.56 Å². The summed E-state index contributed by atoms with van der Waals surface area (Å²) in [6, 6.07) is 11.0. The Morgan fingerprint density at radius 1 is 1.00 bits per heavy atom. The van der Waals surface area contributed by atoms with E-state index in [0.29, 0.717) is 22.9 Å². The van der Waals surface area contributed by atoms with Crippen LogP contribution in [0, 0.1) is 13.8 Å². The van der Waals surface area contributed by atoms with Crippen molar-refractivity contribution in [2.45, 2.75) is 36.7 Å². The molecule has 2 aromatic carbocycles. The fourth-order valence-electron chi connectivity index (χ4n) is 3.98. The lowest BCUT2D eigenvalue weighted by molar-refractivity contribution is -0.121. The van der Waals surface area contributed by atoms with Gasteiger partial charge in [-0.05, 0) is 55.3 Å². The number of pyridine rings is 1. The minimum atomic E-state index is -4.22. The number of fused-ring (bicyclic) bond motifs is 1. The molecule has 1 N–H and O–H groups in total. The van der Waals surface area contributed by atoms with Crippen LogP contribution < -0.4 is 29.8 Å². The van der Waals surface area contributed by atoms with Gasteiger partial charge in [0, 0.05) is 18.3 Å². The average Bonchev–Trinajstić information content (AvgIpc) is 3.32. The Hall–Kier alpha value is -3.99. The van der Waals surface area contributed by atoms with Gasteiger partial charge in [-0.2, -0.15) is 0 Å². The number of hydrogen-bond donors (Lipinski definition) is 1. The smallest absolute Gasteiger partial charge is 0.270 e. The van der Waals surface area contributed by atoms with Gasteiger partial charge in [-0.25, -0.2) is 8.42 Å². The summed E-state index contributed by atoms with van der Waals surface area (Å²) in [6.07, 6.45) is 0. The lowest BCUT2D eigenvalue weighted by atomic mass is 10.2. The summed E-state index contributed by atoms with van der Waals surface area (Å²) < 4.78 is 49.1. The minimum Gasteiger partial charge on any atom is -0.493 e. The van der Waals surface area contributed by atoms with Crippen molar-refractivity contribution in [1.82, 2.24) is 9.88 Å². The van der Waals surface area contributed by atoms with Gasteiger partial charge in [0.05, 0.1) is 19.1 Å². The Balaban J connectivity index is 1.60. The van der Waals surface area contributed by atoms with E-state index >= 15 is 0 Å². The number of carbonyl (C=O) groups excluding carboxylic acids is 1. The van der Waals surface area contributed by atoms with Crippen LogP contribution in [0.1, 0.15) is 16.8 Å². The molecule has 0 bridgehead atoms. The van der Waals surface area contributed by atoms with Gasteiger partial charge in [-0.1, -0.05) is 6.07 Å². The van der Waals surface area contributed by atoms with Gasteiger partial charge in [0.1, 0.15) is 11.4 Å². The number of hydrogen-bond acceptors (Lipinski definition) is 8. The third kappa shape index (κ3) is 4.74. The topological polar surface area (TPSA) is 122 Å². The van der Waals surface area contributed by atoms with Gasteiger partial charge in [0.2, 0.25) is 22.5 Å². The van der Waals surface area contributed by atoms with Gasteiger partial charge >= 0.3 is 0 Å². The fraction of sp³-hybridized carbons (Fsp3) is 0.280. The van der Waals surface area contributed by atoms with E-state index in [1.54, 1.807) is 38.1 Å². The molecular weight excluding hydrogens is 488 g/mol. The highest BCUT2D eigenvalue weighted by Crippen LogP contribution is 2.33. The van der Waals surface area contributed by atoms with Crippen molar-refractivity contribution in [1.29, 1.82) is 0 Å². The molecule has 0 atom stereocenters. The van der Waals surface area contributed by atoms with E-state index in [1.807, 2.05) is 0 Å². The lowest BCUT2D eigenvalue weighted by Crippen LogP contribution is -2.35. The summed E-state index contributed by atoms with van der Waals surface area (Å²) in [5.74, 6) is 1.35. The molecule has 0 radical (unpaired) electrons. The number of sulfone groups is 1. The number of nitrogens with one attached hydrogen (secondary N) is 1. The molecule has 0 aliphatic carbocycles. The molecule has 36 heavy (non-hydrogen) atoms. The first kappa shape index (κ1) is 25.1. The van der Waals surface area contributed by atoms with Crippen LogP contribution in [0.15, 0.2) is 57.1 Å². The van der Waals surface area contributed by atoms with Crippen molar-refractivity contribution in [2.75, 3.05) is 21.0 Å². The molecule has 0 fully saturated rings. The zero-order valence-electron chi connectivity index (χ0n) is 20.3. The maximum Gasteiger partial charge on any atom is 0.270 e. The van der Waals surface area contributed by atoms with E-state index < -0.39 is 26.2 Å². The zero-order chi connectivity index (χ0) is 26.0. The molecule has 4 rings (SSSR count). The maximum absolute atomic E-state index is 13.5. The predicted molar refractivity (Wildman–Crippen MR) is 130 cm³/mol. The fourth-order valence-corrected chi connectivity index (χ4v) is 5.55. The highest BCUT2D eigenvalue weighted by molar-refractivity contribution is 7.91. The Kier molecular flexibility index (Phi) is 6.93. The molecule has 1 aliphatic rings. The van der Waals surface area contributed by atoms with Crippen LogP contribution in [0.5, 0.6) is 23.0 Å². The number of benzene rings is 2. The standard InChI is InChI=1S/C25H26N2O8S/c1-15-9-16(2)27(13-23(28)26-12-17-5-7-20-22(10-17)35-14-34-20)25(29)24(15)36(30,31)18-6-8-19(32-3)21(11-18)33-4/h5-11H,12-14H2,1-4H3,(H,26,28). The van der Waals surface area contributed by atoms with Crippen LogP contribution in [-0.4, -0.2) is 39.9 Å². The largest absolute Gasteiger partial charge is 0.493 e. The number of rotatable bonds is 8. The van der Waals surface area contributed by atoms with E-state index in [1.165, 1.54) is 32.4 Å². The van der Waals surface area contributed by atoms with E-state index in [-0.39, 0.29) is 36.1 Å². The highest BCUT2D eigenvalue weighted by Gasteiger charge is 2.27. The molecule has 1 aromatic heterocycles. The predicted octanol–water partition coefficient (Wildman–Crippen LogP) is 2.36. The molecule has 2 heterocycles. The number of aryl methyl sites for hydroxylation is 2. The Morgan fingerprint density at radius 2 is 1.72 bits per heavy atom. The van der Waals surface area contributed by atoms with Crippen molar-refractivity contribution in [3.8, 4) is 23.0 Å². The summed E-state index contributed by atoms with van der Waals surface area (Å²) in [5.41, 5.74) is 0.754. The van der Waals surface area contributed by atoms with E-state index in [0.717, 1.165) is 10.1 Å². The normalized spacial score (nSPS) is 12.3. The van der Waals surface area contributed by atoms with Crippen LogP contribution in [0.25, 0.3) is 0 Å². The summed E-state index contributed by atoms with van der Waals surface area (Å²) in [6.45, 7) is 3.20. The molecule has 0 saturated heterocycles. The summed E-state index contributed by atoms with van der Waals surface area (Å²) >= 11 is 0. The number of ether oxygens (including phenoxy) is 4. The number of amides is 1. The molecule has 11 heteroatoms.